The van der Waals surface area contributed by atoms with Gasteiger partial charge in [-0.2, -0.15) is 0 Å². The first-order chi connectivity index (χ1) is 62.5. The lowest BCUT2D eigenvalue weighted by atomic mass is 9.79. The van der Waals surface area contributed by atoms with Gasteiger partial charge in [-0.3, -0.25) is 0 Å². The molecule has 624 valence electrons. The third kappa shape index (κ3) is 19.3. The summed E-state index contributed by atoms with van der Waals surface area (Å²) in [7, 11) is 1.71. The highest BCUT2D eigenvalue weighted by Crippen LogP contribution is 2.42. The van der Waals surface area contributed by atoms with E-state index in [1.807, 2.05) is 85.8 Å². The monoisotopic (exact) mass is 1650 g/mol. The third-order valence-electron chi connectivity index (χ3n) is 24.2. The molecular formula is C124H107N3O. The van der Waals surface area contributed by atoms with Crippen LogP contribution in [0.2, 0.25) is 0 Å². The molecule has 1 aromatic heterocycles. The van der Waals surface area contributed by atoms with Crippen LogP contribution in [0.1, 0.15) is 71.1 Å². The minimum Gasteiger partial charge on any atom is -0.496 e. The van der Waals surface area contributed by atoms with Crippen molar-refractivity contribution in [1.82, 2.24) is 15.0 Å². The predicted octanol–water partition coefficient (Wildman–Crippen LogP) is 34.2. The van der Waals surface area contributed by atoms with E-state index >= 15 is 0 Å². The number of hydrogen-bond acceptors (Lipinski definition) is 4. The van der Waals surface area contributed by atoms with E-state index in [2.05, 4.69) is 436 Å². The average Bonchev–Trinajstić information content (AvgIpc) is 0.707. The highest BCUT2D eigenvalue weighted by molar-refractivity contribution is 6.24. The number of benzene rings is 22. The third-order valence-corrected chi connectivity index (χ3v) is 24.2. The molecule has 0 N–H and O–H groups in total. The van der Waals surface area contributed by atoms with E-state index in [9.17, 15) is 0 Å². The van der Waals surface area contributed by atoms with Crippen LogP contribution in [0.25, 0.3) is 164 Å². The molecule has 0 atom stereocenters. The summed E-state index contributed by atoms with van der Waals surface area (Å²) >= 11 is 0. The van der Waals surface area contributed by atoms with Crippen LogP contribution in [0, 0.1) is 55.4 Å². The summed E-state index contributed by atoms with van der Waals surface area (Å²) in [5, 5.41) is 29.6. The van der Waals surface area contributed by atoms with Gasteiger partial charge >= 0.3 is 0 Å². The van der Waals surface area contributed by atoms with Crippen LogP contribution >= 0.6 is 0 Å². The Kier molecular flexibility index (Phi) is 26.8. The molecule has 0 aliphatic rings. The van der Waals surface area contributed by atoms with Gasteiger partial charge in [0.25, 0.3) is 0 Å². The van der Waals surface area contributed by atoms with E-state index in [-0.39, 0.29) is 5.41 Å². The van der Waals surface area contributed by atoms with Gasteiger partial charge in [0, 0.05) is 16.5 Å². The standard InChI is InChI=1S/C21H16.C19H20.C17H12.C16H13N3.C15H12.C13H12.C12H12O.C11H10/c1-15-17-11-5-7-13-19(17)21(16-9-3-2-4-10-16)20-14-8-6-12-18(15)20;1-13-14-9-5-7-11-16(14)18(19(2,3)4)17-12-8-6-10-15(13)17;1-11-5-6-14-8-7-12-3-2-4-13-9-10-15(11)17(14)16(12)13;1-12-17-15(13-8-4-2-5-9-13)19-16(18-12)14-10-6-3-7-11-14;1-11-10-12-6-2-3-8-14(12)15-9-5-4-7-13(11)15;1-11-7-9-13(10-8-11)12-5-3-2-4-6-12;1-9-7-8-12(13-2)11-6-4-3-5-10(9)11;1-9-5-4-7-10-6-2-3-8-11(9)10/h2-14H,1H3;5-12H,1-4H3;2-10H,1H3;2-11H,1H3;2-10H,1H3;2-10H,1H3;3-8H,1-2H3;2-8H,1H3. The summed E-state index contributed by atoms with van der Waals surface area (Å²) in [4.78, 5) is 13.4. The van der Waals surface area contributed by atoms with Crippen LogP contribution in [0.15, 0.2) is 431 Å². The molecule has 23 rings (SSSR count). The predicted molar refractivity (Wildman–Crippen MR) is 554 cm³/mol. The molecule has 0 aliphatic heterocycles. The summed E-state index contributed by atoms with van der Waals surface area (Å²) in [6.45, 7) is 24.0. The smallest absolute Gasteiger partial charge is 0.163 e. The van der Waals surface area contributed by atoms with Crippen molar-refractivity contribution in [3.8, 4) is 50.8 Å². The van der Waals surface area contributed by atoms with E-state index in [0.29, 0.717) is 11.6 Å². The Morgan fingerprint density at radius 2 is 0.555 bits per heavy atom. The zero-order valence-electron chi connectivity index (χ0n) is 75.2. The second kappa shape index (κ2) is 39.7. The van der Waals surface area contributed by atoms with Crippen molar-refractivity contribution < 1.29 is 4.74 Å². The van der Waals surface area contributed by atoms with Crippen molar-refractivity contribution in [1.29, 1.82) is 0 Å². The summed E-state index contributed by atoms with van der Waals surface area (Å²) in [6, 6.07) is 151. The lowest BCUT2D eigenvalue weighted by Gasteiger charge is -2.25. The molecule has 0 bridgehead atoms. The number of hydrogen-bond donors (Lipinski definition) is 0. The zero-order valence-corrected chi connectivity index (χ0v) is 75.2. The summed E-state index contributed by atoms with van der Waals surface area (Å²) < 4.78 is 5.28. The fraction of sp³-hybridized carbons (Fsp3) is 0.105. The van der Waals surface area contributed by atoms with Crippen LogP contribution in [-0.4, -0.2) is 22.1 Å². The molecule has 4 nitrogen and oxygen atoms in total. The Labute approximate surface area is 753 Å². The fourth-order valence-corrected chi connectivity index (χ4v) is 17.8. The van der Waals surface area contributed by atoms with Crippen molar-refractivity contribution >= 4 is 118 Å². The molecule has 22 aromatic carbocycles. The van der Waals surface area contributed by atoms with Gasteiger partial charge in [-0.25, -0.2) is 15.0 Å². The number of nitrogens with zero attached hydrogens (tertiary/aromatic N) is 3. The summed E-state index contributed by atoms with van der Waals surface area (Å²) in [5.41, 5.74) is 18.2. The second-order valence-corrected chi connectivity index (χ2v) is 33.9. The first-order valence-corrected chi connectivity index (χ1v) is 44.2. The van der Waals surface area contributed by atoms with Crippen molar-refractivity contribution in [2.45, 2.75) is 81.6 Å². The van der Waals surface area contributed by atoms with Gasteiger partial charge in [-0.05, 0) is 241 Å². The van der Waals surface area contributed by atoms with Crippen LogP contribution in [0.4, 0.5) is 0 Å². The quantitative estimate of drug-likeness (QED) is 0.127. The molecule has 0 aliphatic carbocycles. The summed E-state index contributed by atoms with van der Waals surface area (Å²) in [6.07, 6.45) is 0. The van der Waals surface area contributed by atoms with E-state index < -0.39 is 0 Å². The Bertz CT molecular complexity index is 7580. The Morgan fingerprint density at radius 3 is 1.06 bits per heavy atom. The molecule has 0 saturated heterocycles. The molecule has 0 radical (unpaired) electrons. The van der Waals surface area contributed by atoms with E-state index in [0.717, 1.165) is 22.7 Å². The first-order valence-electron chi connectivity index (χ1n) is 44.2. The average molecular weight is 1660 g/mol. The van der Waals surface area contributed by atoms with Gasteiger partial charge in [0.15, 0.2) is 11.6 Å². The van der Waals surface area contributed by atoms with Crippen molar-refractivity contribution in [2.75, 3.05) is 7.11 Å². The fourth-order valence-electron chi connectivity index (χ4n) is 17.8. The van der Waals surface area contributed by atoms with E-state index in [1.165, 1.54) is 185 Å². The lowest BCUT2D eigenvalue weighted by Crippen LogP contribution is -2.13. The normalized spacial score (nSPS) is 11.0. The zero-order chi connectivity index (χ0) is 88.6. The van der Waals surface area contributed by atoms with Crippen LogP contribution < -0.4 is 4.74 Å². The highest BCUT2D eigenvalue weighted by Gasteiger charge is 2.22. The van der Waals surface area contributed by atoms with Gasteiger partial charge in [0.05, 0.1) is 7.11 Å². The first kappa shape index (κ1) is 86.3. The maximum Gasteiger partial charge on any atom is 0.163 e. The maximum atomic E-state index is 5.28. The van der Waals surface area contributed by atoms with Crippen LogP contribution in [-0.2, 0) is 5.41 Å². The second-order valence-electron chi connectivity index (χ2n) is 33.9. The maximum absolute atomic E-state index is 5.28. The molecular weight excluding hydrogens is 1550 g/mol. The van der Waals surface area contributed by atoms with Gasteiger partial charge < -0.3 is 4.74 Å². The number of methoxy groups -OCH3 is 1. The molecule has 0 spiro atoms. The number of ether oxygens (including phenoxy) is 1. The Morgan fingerprint density at radius 1 is 0.211 bits per heavy atom. The van der Waals surface area contributed by atoms with E-state index in [4.69, 9.17) is 4.74 Å². The minimum absolute atomic E-state index is 0.146. The van der Waals surface area contributed by atoms with Gasteiger partial charge in [-0.1, -0.05) is 451 Å². The Hall–Kier alpha value is -15.2. The molecule has 1 heterocycles. The largest absolute Gasteiger partial charge is 0.496 e. The molecule has 0 amide bonds. The summed E-state index contributed by atoms with van der Waals surface area (Å²) in [5.74, 6) is 3.10. The Balaban J connectivity index is 0.000000108. The molecule has 0 saturated carbocycles. The highest BCUT2D eigenvalue weighted by atomic mass is 16.5. The van der Waals surface area contributed by atoms with E-state index in [1.54, 1.807) is 7.11 Å². The van der Waals surface area contributed by atoms with Gasteiger partial charge in [-0.15, -0.1) is 0 Å². The number of fused-ring (bicyclic) bond motifs is 9. The topological polar surface area (TPSA) is 47.9 Å². The molecule has 0 fully saturated rings. The molecule has 23 aromatic rings. The number of rotatable bonds is 5. The number of aryl methyl sites for hydroxylation is 8. The van der Waals surface area contributed by atoms with Crippen molar-refractivity contribution in [3.63, 3.8) is 0 Å². The van der Waals surface area contributed by atoms with Gasteiger partial charge in [0.1, 0.15) is 11.6 Å². The minimum atomic E-state index is 0.146. The van der Waals surface area contributed by atoms with Crippen molar-refractivity contribution in [3.05, 3.63) is 481 Å². The molecule has 128 heavy (non-hydrogen) atoms. The SMILES string of the molecule is COc1ccc(C)c2ccccc12.Cc1c2ccccc2c(-c2ccccc2)c2ccccc12.Cc1c2ccccc2c(C(C)(C)C)c2ccccc12.Cc1cc2ccccc2c2ccccc12.Cc1ccc(-c2ccccc2)cc1.Cc1ccc2ccc3cccc4ccc1c2c34.Cc1cccc2ccccc12.Cc1nc(-c2ccccc2)nc(-c2ccccc2)n1. The van der Waals surface area contributed by atoms with Crippen LogP contribution in [0.3, 0.4) is 0 Å². The molecule has 4 heteroatoms. The molecule has 0 unspecified atom stereocenters. The lowest BCUT2D eigenvalue weighted by molar-refractivity contribution is 0.420. The number of aromatic nitrogens is 3. The van der Waals surface area contributed by atoms with Crippen molar-refractivity contribution in [2.24, 2.45) is 0 Å². The van der Waals surface area contributed by atoms with Crippen LogP contribution in [0.5, 0.6) is 5.75 Å². The van der Waals surface area contributed by atoms with Gasteiger partial charge in [0.2, 0.25) is 0 Å².